The topological polar surface area (TPSA) is 35.5 Å². The molecule has 1 atom stereocenters. The lowest BCUT2D eigenvalue weighted by Gasteiger charge is -2.32. The monoisotopic (exact) mass is 228 g/mol. The van der Waals surface area contributed by atoms with Gasteiger partial charge in [0, 0.05) is 25.2 Å². The number of nitrogens with zero attached hydrogens (tertiary/aromatic N) is 1. The molecular weight excluding hydrogens is 200 g/mol. The van der Waals surface area contributed by atoms with Crippen molar-refractivity contribution >= 4 is 0 Å². The van der Waals surface area contributed by atoms with Gasteiger partial charge in [-0.15, -0.1) is 0 Å². The summed E-state index contributed by atoms with van der Waals surface area (Å²) in [5.41, 5.74) is 0.215. The van der Waals surface area contributed by atoms with E-state index < -0.39 is 0 Å². The minimum Gasteiger partial charge on any atom is -0.393 e. The minimum atomic E-state index is -0.0562. The quantitative estimate of drug-likeness (QED) is 0.765. The summed E-state index contributed by atoms with van der Waals surface area (Å²) in [6.07, 6.45) is 1.83. The van der Waals surface area contributed by atoms with E-state index in [1.54, 1.807) is 0 Å². The van der Waals surface area contributed by atoms with Crippen LogP contribution < -0.4 is 5.32 Å². The fraction of sp³-hybridized carbons (Fsp3) is 1.00. The van der Waals surface area contributed by atoms with Gasteiger partial charge in [-0.25, -0.2) is 0 Å². The second-order valence-corrected chi connectivity index (χ2v) is 6.27. The highest BCUT2D eigenvalue weighted by Crippen LogP contribution is 2.12. The number of likely N-dealkylation sites (tertiary alicyclic amines) is 1. The molecular formula is C13H28N2O. The minimum absolute atomic E-state index is 0.0562. The highest BCUT2D eigenvalue weighted by Gasteiger charge is 2.19. The highest BCUT2D eigenvalue weighted by atomic mass is 16.3. The smallest absolute Gasteiger partial charge is 0.0564 e. The molecule has 3 nitrogen and oxygen atoms in total. The number of piperidine rings is 1. The fourth-order valence-electron chi connectivity index (χ4n) is 2.09. The van der Waals surface area contributed by atoms with Crippen LogP contribution in [0.15, 0.2) is 0 Å². The third-order valence-corrected chi connectivity index (χ3v) is 3.11. The lowest BCUT2D eigenvalue weighted by molar-refractivity contribution is 0.0755. The van der Waals surface area contributed by atoms with Gasteiger partial charge >= 0.3 is 0 Å². The van der Waals surface area contributed by atoms with Crippen molar-refractivity contribution in [2.45, 2.75) is 52.2 Å². The Morgan fingerprint density at radius 3 is 2.38 bits per heavy atom. The van der Waals surface area contributed by atoms with Crippen LogP contribution in [-0.4, -0.2) is 47.8 Å². The maximum Gasteiger partial charge on any atom is 0.0564 e. The van der Waals surface area contributed by atoms with Gasteiger partial charge in [0.05, 0.1) is 6.10 Å². The van der Waals surface area contributed by atoms with Crippen molar-refractivity contribution < 1.29 is 5.11 Å². The summed E-state index contributed by atoms with van der Waals surface area (Å²) >= 11 is 0. The average Bonchev–Trinajstić information content (AvgIpc) is 2.18. The molecule has 1 aliphatic heterocycles. The fourth-order valence-corrected chi connectivity index (χ4v) is 2.09. The molecule has 0 amide bonds. The molecule has 1 heterocycles. The molecule has 96 valence electrons. The van der Waals surface area contributed by atoms with Crippen LogP contribution in [0, 0.1) is 5.92 Å². The molecule has 1 saturated heterocycles. The van der Waals surface area contributed by atoms with Crippen LogP contribution in [0.3, 0.4) is 0 Å². The molecule has 0 aromatic carbocycles. The van der Waals surface area contributed by atoms with Crippen molar-refractivity contribution in [3.8, 4) is 0 Å². The van der Waals surface area contributed by atoms with E-state index >= 15 is 0 Å². The van der Waals surface area contributed by atoms with Gasteiger partial charge in [0.25, 0.3) is 0 Å². The van der Waals surface area contributed by atoms with Gasteiger partial charge < -0.3 is 15.3 Å². The molecule has 1 fully saturated rings. The Kier molecular flexibility index (Phi) is 5.22. The van der Waals surface area contributed by atoms with E-state index in [-0.39, 0.29) is 11.6 Å². The standard InChI is InChI=1S/C13H28N2O/c1-11(9-14-13(2,3)4)10-15-7-5-12(16)6-8-15/h11-12,14,16H,5-10H2,1-4H3. The third-order valence-electron chi connectivity index (χ3n) is 3.11. The molecule has 1 aliphatic rings. The van der Waals surface area contributed by atoms with E-state index in [2.05, 4.69) is 37.9 Å². The van der Waals surface area contributed by atoms with Gasteiger partial charge in [-0.05, 0) is 46.1 Å². The molecule has 16 heavy (non-hydrogen) atoms. The Labute approximate surface area is 100 Å². The molecule has 2 N–H and O–H groups in total. The first kappa shape index (κ1) is 13.9. The molecule has 1 unspecified atom stereocenters. The zero-order valence-electron chi connectivity index (χ0n) is 11.3. The number of nitrogens with one attached hydrogen (secondary N) is 1. The Hall–Kier alpha value is -0.120. The number of aliphatic hydroxyl groups excluding tert-OH is 1. The third kappa shape index (κ3) is 5.83. The number of hydrogen-bond donors (Lipinski definition) is 2. The zero-order chi connectivity index (χ0) is 12.2. The van der Waals surface area contributed by atoms with Crippen LogP contribution in [0.5, 0.6) is 0 Å². The van der Waals surface area contributed by atoms with Crippen LogP contribution in [0.25, 0.3) is 0 Å². The van der Waals surface area contributed by atoms with Crippen molar-refractivity contribution in [3.05, 3.63) is 0 Å². The lowest BCUT2D eigenvalue weighted by Crippen LogP contribution is -2.43. The molecule has 3 heteroatoms. The van der Waals surface area contributed by atoms with Crippen molar-refractivity contribution in [2.24, 2.45) is 5.92 Å². The Morgan fingerprint density at radius 2 is 1.88 bits per heavy atom. The highest BCUT2D eigenvalue weighted by molar-refractivity contribution is 4.76. The molecule has 0 aromatic heterocycles. The Balaban J connectivity index is 2.16. The molecule has 0 aliphatic carbocycles. The first-order chi connectivity index (χ1) is 7.37. The second-order valence-electron chi connectivity index (χ2n) is 6.27. The van der Waals surface area contributed by atoms with Crippen molar-refractivity contribution in [1.29, 1.82) is 0 Å². The van der Waals surface area contributed by atoms with Crippen LogP contribution in [-0.2, 0) is 0 Å². The lowest BCUT2D eigenvalue weighted by atomic mass is 10.0. The second kappa shape index (κ2) is 5.99. The normalized spacial score (nSPS) is 22.3. The first-order valence-electron chi connectivity index (χ1n) is 6.52. The average molecular weight is 228 g/mol. The molecule has 0 bridgehead atoms. The molecule has 0 saturated carbocycles. The van der Waals surface area contributed by atoms with Gasteiger partial charge in [-0.2, -0.15) is 0 Å². The number of aliphatic hydroxyl groups is 1. The van der Waals surface area contributed by atoms with E-state index in [1.165, 1.54) is 0 Å². The van der Waals surface area contributed by atoms with Crippen LogP contribution in [0.4, 0.5) is 0 Å². The summed E-state index contributed by atoms with van der Waals surface area (Å²) < 4.78 is 0. The van der Waals surface area contributed by atoms with E-state index in [1.807, 2.05) is 0 Å². The molecule has 0 radical (unpaired) electrons. The molecule has 0 spiro atoms. The van der Waals surface area contributed by atoms with Crippen molar-refractivity contribution in [2.75, 3.05) is 26.2 Å². The summed E-state index contributed by atoms with van der Waals surface area (Å²) in [5, 5.41) is 13.0. The summed E-state index contributed by atoms with van der Waals surface area (Å²) in [6, 6.07) is 0. The summed E-state index contributed by atoms with van der Waals surface area (Å²) in [6.45, 7) is 13.2. The predicted octanol–water partition coefficient (Wildman–Crippen LogP) is 1.47. The zero-order valence-corrected chi connectivity index (χ0v) is 11.3. The first-order valence-corrected chi connectivity index (χ1v) is 6.52. The molecule has 1 rings (SSSR count). The largest absolute Gasteiger partial charge is 0.393 e. The van der Waals surface area contributed by atoms with Crippen molar-refractivity contribution in [3.63, 3.8) is 0 Å². The van der Waals surface area contributed by atoms with E-state index in [0.29, 0.717) is 5.92 Å². The van der Waals surface area contributed by atoms with Gasteiger partial charge in [0.15, 0.2) is 0 Å². The van der Waals surface area contributed by atoms with E-state index in [4.69, 9.17) is 0 Å². The summed E-state index contributed by atoms with van der Waals surface area (Å²) in [5.74, 6) is 0.675. The van der Waals surface area contributed by atoms with Gasteiger partial charge in [0.2, 0.25) is 0 Å². The van der Waals surface area contributed by atoms with Crippen LogP contribution in [0.2, 0.25) is 0 Å². The maximum atomic E-state index is 9.43. The number of hydrogen-bond acceptors (Lipinski definition) is 3. The van der Waals surface area contributed by atoms with Crippen LogP contribution in [0.1, 0.15) is 40.5 Å². The van der Waals surface area contributed by atoms with Gasteiger partial charge in [0.1, 0.15) is 0 Å². The van der Waals surface area contributed by atoms with E-state index in [0.717, 1.165) is 39.0 Å². The summed E-state index contributed by atoms with van der Waals surface area (Å²) in [4.78, 5) is 2.47. The Morgan fingerprint density at radius 1 is 1.31 bits per heavy atom. The predicted molar refractivity (Wildman–Crippen MR) is 68.6 cm³/mol. The Bertz CT molecular complexity index is 193. The maximum absolute atomic E-state index is 9.43. The van der Waals surface area contributed by atoms with Crippen LogP contribution >= 0.6 is 0 Å². The number of rotatable bonds is 4. The summed E-state index contributed by atoms with van der Waals surface area (Å²) in [7, 11) is 0. The van der Waals surface area contributed by atoms with Gasteiger partial charge in [-0.1, -0.05) is 6.92 Å². The van der Waals surface area contributed by atoms with Gasteiger partial charge in [-0.3, -0.25) is 0 Å². The van der Waals surface area contributed by atoms with E-state index in [9.17, 15) is 5.11 Å². The SMILES string of the molecule is CC(CNC(C)(C)C)CN1CCC(O)CC1. The molecule has 0 aromatic rings. The van der Waals surface area contributed by atoms with Crippen molar-refractivity contribution in [1.82, 2.24) is 10.2 Å².